The maximum Gasteiger partial charge on any atom is 0.164 e. The quantitative estimate of drug-likeness (QED) is 0.242. The Morgan fingerprint density at radius 2 is 0.842 bits per heavy atom. The van der Waals surface area contributed by atoms with Crippen molar-refractivity contribution in [3.63, 3.8) is 0 Å². The summed E-state index contributed by atoms with van der Waals surface area (Å²) in [6, 6.07) is 47.2. The first-order chi connectivity index (χ1) is 18.6. The third kappa shape index (κ3) is 4.17. The van der Waals surface area contributed by atoms with E-state index in [2.05, 4.69) is 11.4 Å². The third-order valence-corrected chi connectivity index (χ3v) is 14.4. The lowest BCUT2D eigenvalue weighted by Gasteiger charge is -2.41. The Hall–Kier alpha value is -3.64. The molecule has 1 heterocycles. The zero-order valence-electron chi connectivity index (χ0n) is 20.9. The summed E-state index contributed by atoms with van der Waals surface area (Å²) in [6.07, 6.45) is 0.471. The molecular weight excluding hydrogens is 504 g/mol. The van der Waals surface area contributed by atoms with E-state index in [4.69, 9.17) is 0 Å². The van der Waals surface area contributed by atoms with Gasteiger partial charge in [0.2, 0.25) is 0 Å². The van der Waals surface area contributed by atoms with Gasteiger partial charge in [0.1, 0.15) is 0 Å². The molecule has 0 amide bonds. The highest BCUT2D eigenvalue weighted by molar-refractivity contribution is 7.80. The molecule has 5 aromatic carbocycles. The summed E-state index contributed by atoms with van der Waals surface area (Å²) in [4.78, 5) is 0. The summed E-state index contributed by atoms with van der Waals surface area (Å²) in [7, 11) is -6.36. The van der Waals surface area contributed by atoms with Gasteiger partial charge in [0.25, 0.3) is 0 Å². The van der Waals surface area contributed by atoms with Gasteiger partial charge >= 0.3 is 0 Å². The molecular formula is C33H29NO2P2. The number of hydrogen-bond donors (Lipinski definition) is 1. The Labute approximate surface area is 224 Å². The monoisotopic (exact) mass is 533 g/mol. The number of nitrogens with one attached hydrogen (secondary N) is 1. The lowest BCUT2D eigenvalue weighted by atomic mass is 10.0. The molecule has 0 fully saturated rings. The summed E-state index contributed by atoms with van der Waals surface area (Å²) in [6.45, 7) is 0. The second-order valence-electron chi connectivity index (χ2n) is 9.66. The second kappa shape index (κ2) is 10.3. The van der Waals surface area contributed by atoms with Crippen molar-refractivity contribution in [1.29, 1.82) is 0 Å². The van der Waals surface area contributed by atoms with Crippen LogP contribution in [0.15, 0.2) is 146 Å². The summed E-state index contributed by atoms with van der Waals surface area (Å²) in [5, 5.41) is 6.90. The number of fused-ring (bicyclic) bond motifs is 1. The minimum atomic E-state index is -3.18. The molecule has 1 N–H and O–H groups in total. The predicted octanol–water partition coefficient (Wildman–Crippen LogP) is 6.90. The fourth-order valence-corrected chi connectivity index (χ4v) is 12.3. The summed E-state index contributed by atoms with van der Waals surface area (Å²) in [5.74, 6) is -0.423. The van der Waals surface area contributed by atoms with Crippen LogP contribution in [-0.2, 0) is 9.13 Å². The lowest BCUT2D eigenvalue weighted by molar-refractivity contribution is 0.561. The molecule has 1 unspecified atom stereocenters. The van der Waals surface area contributed by atoms with Crippen LogP contribution < -0.4 is 26.5 Å². The molecule has 0 radical (unpaired) electrons. The highest BCUT2D eigenvalue weighted by Gasteiger charge is 2.47. The molecule has 0 aliphatic carbocycles. The van der Waals surface area contributed by atoms with Crippen molar-refractivity contribution in [2.75, 3.05) is 5.32 Å². The SMILES string of the molecule is O=P(c1ccccc1)(c1ccccc1)C1C[C@@H](P(=O)(c2ccccc2)c2ccccc2)Nc2ccccc21. The van der Waals surface area contributed by atoms with Crippen molar-refractivity contribution >= 4 is 41.2 Å². The number of hydrogen-bond acceptors (Lipinski definition) is 3. The maximum absolute atomic E-state index is 15.6. The Morgan fingerprint density at radius 1 is 0.474 bits per heavy atom. The van der Waals surface area contributed by atoms with E-state index in [1.165, 1.54) is 0 Å². The van der Waals surface area contributed by atoms with E-state index in [9.17, 15) is 0 Å². The molecule has 0 aromatic heterocycles. The molecule has 0 saturated heterocycles. The van der Waals surface area contributed by atoms with Gasteiger partial charge in [-0.2, -0.15) is 0 Å². The molecule has 0 saturated carbocycles. The van der Waals surface area contributed by atoms with Gasteiger partial charge in [0.15, 0.2) is 14.3 Å². The van der Waals surface area contributed by atoms with Crippen molar-refractivity contribution < 1.29 is 9.13 Å². The Morgan fingerprint density at radius 3 is 1.29 bits per heavy atom. The molecule has 6 rings (SSSR count). The van der Waals surface area contributed by atoms with E-state index in [-0.39, 0.29) is 5.66 Å². The zero-order valence-corrected chi connectivity index (χ0v) is 22.7. The summed E-state index contributed by atoms with van der Waals surface area (Å²) >= 11 is 0. The average Bonchev–Trinajstić information content (AvgIpc) is 3.01. The first-order valence-corrected chi connectivity index (χ1v) is 16.4. The predicted molar refractivity (Wildman–Crippen MR) is 161 cm³/mol. The first-order valence-electron chi connectivity index (χ1n) is 12.9. The van der Waals surface area contributed by atoms with Gasteiger partial charge in [-0.25, -0.2) is 0 Å². The molecule has 5 aromatic rings. The van der Waals surface area contributed by atoms with Crippen molar-refractivity contribution in [1.82, 2.24) is 0 Å². The van der Waals surface area contributed by atoms with Gasteiger partial charge in [-0.15, -0.1) is 0 Å². The normalized spacial score (nSPS) is 17.3. The van der Waals surface area contributed by atoms with Gasteiger partial charge in [0.05, 0.1) is 5.78 Å². The van der Waals surface area contributed by atoms with Crippen LogP contribution in [-0.4, -0.2) is 5.78 Å². The van der Waals surface area contributed by atoms with Crippen molar-refractivity contribution in [2.24, 2.45) is 0 Å². The van der Waals surface area contributed by atoms with E-state index in [1.54, 1.807) is 0 Å². The van der Waals surface area contributed by atoms with Crippen LogP contribution in [0.25, 0.3) is 0 Å². The third-order valence-electron chi connectivity index (χ3n) is 7.53. The average molecular weight is 534 g/mol. The molecule has 2 atom stereocenters. The van der Waals surface area contributed by atoms with Crippen molar-refractivity contribution in [3.8, 4) is 0 Å². The second-order valence-corrected chi connectivity index (χ2v) is 15.6. The molecule has 3 nitrogen and oxygen atoms in total. The molecule has 1 aliphatic heterocycles. The molecule has 5 heteroatoms. The standard InChI is InChI=1S/C33H29NO2P2/c35-37(26-15-5-1-6-16-26,27-17-7-2-8-18-27)32-25-33(34-31-24-14-13-23-30(31)32)38(36,28-19-9-3-10-20-28)29-21-11-4-12-22-29/h1-24,32-34H,25H2/t32?,33-/m1/s1. The number of para-hydroxylation sites is 1. The fourth-order valence-electron chi connectivity index (χ4n) is 5.70. The van der Waals surface area contributed by atoms with Gasteiger partial charge in [-0.05, 0) is 18.1 Å². The van der Waals surface area contributed by atoms with Gasteiger partial charge < -0.3 is 14.4 Å². The minimum absolute atomic E-state index is 0.338. The van der Waals surface area contributed by atoms with Crippen molar-refractivity contribution in [3.05, 3.63) is 151 Å². The molecule has 1 aliphatic rings. The van der Waals surface area contributed by atoms with Crippen LogP contribution >= 0.6 is 14.3 Å². The van der Waals surface area contributed by atoms with Gasteiger partial charge in [0, 0.05) is 32.6 Å². The number of benzene rings is 5. The van der Waals surface area contributed by atoms with Crippen LogP contribution in [0.5, 0.6) is 0 Å². The Kier molecular flexibility index (Phi) is 6.66. The summed E-state index contributed by atoms with van der Waals surface area (Å²) in [5.41, 5.74) is 1.57. The van der Waals surface area contributed by atoms with E-state index >= 15 is 9.13 Å². The van der Waals surface area contributed by atoms with Gasteiger partial charge in [-0.3, -0.25) is 0 Å². The van der Waals surface area contributed by atoms with Crippen molar-refractivity contribution in [2.45, 2.75) is 17.9 Å². The molecule has 0 bridgehead atoms. The number of rotatable bonds is 6. The molecule has 0 spiro atoms. The highest BCUT2D eigenvalue weighted by Crippen LogP contribution is 2.65. The van der Waals surface area contributed by atoms with Crippen LogP contribution in [0, 0.1) is 0 Å². The largest absolute Gasteiger partial charge is 0.375 e. The smallest absolute Gasteiger partial charge is 0.164 e. The van der Waals surface area contributed by atoms with Crippen LogP contribution in [0.4, 0.5) is 5.69 Å². The summed E-state index contributed by atoms with van der Waals surface area (Å²) < 4.78 is 30.9. The Balaban J connectivity index is 1.58. The van der Waals surface area contributed by atoms with E-state index in [0.717, 1.165) is 32.5 Å². The van der Waals surface area contributed by atoms with Crippen LogP contribution in [0.1, 0.15) is 17.6 Å². The van der Waals surface area contributed by atoms with E-state index in [0.29, 0.717) is 6.42 Å². The fraction of sp³-hybridized carbons (Fsp3) is 0.0909. The Bertz CT molecular complexity index is 1540. The topological polar surface area (TPSA) is 46.2 Å². The highest BCUT2D eigenvalue weighted by atomic mass is 31.2. The molecule has 188 valence electrons. The van der Waals surface area contributed by atoms with Crippen LogP contribution in [0.3, 0.4) is 0 Å². The minimum Gasteiger partial charge on any atom is -0.375 e. The maximum atomic E-state index is 15.6. The first kappa shape index (κ1) is 24.7. The number of anilines is 1. The van der Waals surface area contributed by atoms with E-state index < -0.39 is 20.1 Å². The molecule has 38 heavy (non-hydrogen) atoms. The zero-order chi connectivity index (χ0) is 26.0. The van der Waals surface area contributed by atoms with Crippen LogP contribution in [0.2, 0.25) is 0 Å². The lowest BCUT2D eigenvalue weighted by Crippen LogP contribution is -2.37. The van der Waals surface area contributed by atoms with E-state index in [1.807, 2.05) is 140 Å². The van der Waals surface area contributed by atoms with Gasteiger partial charge in [-0.1, -0.05) is 140 Å².